The van der Waals surface area contributed by atoms with E-state index in [9.17, 15) is 0 Å². The summed E-state index contributed by atoms with van der Waals surface area (Å²) in [6, 6.07) is 8.23. The van der Waals surface area contributed by atoms with Gasteiger partial charge in [-0.15, -0.1) is 0 Å². The molecule has 0 aliphatic carbocycles. The summed E-state index contributed by atoms with van der Waals surface area (Å²) in [5, 5.41) is 3.29. The molecular weight excluding hydrogens is 290 g/mol. The fourth-order valence-electron chi connectivity index (χ4n) is 1.58. The lowest BCUT2D eigenvalue weighted by Crippen LogP contribution is -2.04. The third kappa shape index (κ3) is 3.07. The number of aryl methyl sites for hydroxylation is 1. The van der Waals surface area contributed by atoms with E-state index < -0.39 is 0 Å². The zero-order valence-corrected chi connectivity index (χ0v) is 12.2. The first-order chi connectivity index (χ1) is 8.70. The molecule has 0 bridgehead atoms. The molecule has 0 saturated carbocycles. The maximum atomic E-state index is 4.54. The smallest absolute Gasteiger partial charge is 0.161 e. The molecule has 1 aromatic carbocycles. The van der Waals surface area contributed by atoms with Gasteiger partial charge in [0.25, 0.3) is 0 Å². The summed E-state index contributed by atoms with van der Waals surface area (Å²) in [4.78, 5) is 8.89. The molecule has 0 aliphatic rings. The fraction of sp³-hybridized carbons (Fsp3) is 0.286. The number of nitrogens with one attached hydrogen (secondary N) is 1. The van der Waals surface area contributed by atoms with Crippen molar-refractivity contribution in [3.8, 4) is 11.4 Å². The van der Waals surface area contributed by atoms with Gasteiger partial charge in [0.1, 0.15) is 5.82 Å². The number of anilines is 1. The first-order valence-electron chi connectivity index (χ1n) is 6.04. The van der Waals surface area contributed by atoms with Gasteiger partial charge in [0.15, 0.2) is 5.82 Å². The standard InChI is InChI=1S/C14H16BrN3/c1-3-8-16-14-12(15)9-17-13(18-14)11-6-4-10(2)5-7-11/h4-7,9H,3,8H2,1-2H3,(H,16,17,18). The largest absolute Gasteiger partial charge is 0.369 e. The van der Waals surface area contributed by atoms with Crippen LogP contribution in [0.2, 0.25) is 0 Å². The van der Waals surface area contributed by atoms with Gasteiger partial charge >= 0.3 is 0 Å². The average Bonchev–Trinajstić information content (AvgIpc) is 2.39. The molecule has 2 rings (SSSR count). The monoisotopic (exact) mass is 305 g/mol. The minimum Gasteiger partial charge on any atom is -0.369 e. The molecule has 1 N–H and O–H groups in total. The molecule has 0 aliphatic heterocycles. The highest BCUT2D eigenvalue weighted by molar-refractivity contribution is 9.10. The molecule has 0 unspecified atom stereocenters. The Morgan fingerprint density at radius 1 is 1.22 bits per heavy atom. The van der Waals surface area contributed by atoms with E-state index in [4.69, 9.17) is 0 Å². The Hall–Kier alpha value is -1.42. The van der Waals surface area contributed by atoms with E-state index in [1.165, 1.54) is 5.56 Å². The molecule has 1 heterocycles. The Labute approximate surface area is 116 Å². The first-order valence-corrected chi connectivity index (χ1v) is 6.83. The van der Waals surface area contributed by atoms with E-state index in [0.717, 1.165) is 34.6 Å². The van der Waals surface area contributed by atoms with E-state index >= 15 is 0 Å². The van der Waals surface area contributed by atoms with Crippen molar-refractivity contribution in [3.05, 3.63) is 40.5 Å². The van der Waals surface area contributed by atoms with Gasteiger partial charge in [-0.2, -0.15) is 0 Å². The lowest BCUT2D eigenvalue weighted by atomic mass is 10.1. The number of aromatic nitrogens is 2. The zero-order valence-electron chi connectivity index (χ0n) is 10.6. The molecule has 1 aromatic heterocycles. The van der Waals surface area contributed by atoms with Crippen LogP contribution < -0.4 is 5.32 Å². The van der Waals surface area contributed by atoms with Gasteiger partial charge in [-0.25, -0.2) is 9.97 Å². The summed E-state index contributed by atoms with van der Waals surface area (Å²) in [6.07, 6.45) is 2.86. The summed E-state index contributed by atoms with van der Waals surface area (Å²) in [5.74, 6) is 1.60. The number of halogens is 1. The van der Waals surface area contributed by atoms with Crippen molar-refractivity contribution in [2.45, 2.75) is 20.3 Å². The van der Waals surface area contributed by atoms with Crippen LogP contribution in [0.5, 0.6) is 0 Å². The average molecular weight is 306 g/mol. The number of rotatable bonds is 4. The molecule has 0 amide bonds. The highest BCUT2D eigenvalue weighted by atomic mass is 79.9. The van der Waals surface area contributed by atoms with Crippen LogP contribution in [0.3, 0.4) is 0 Å². The van der Waals surface area contributed by atoms with Gasteiger partial charge in [0, 0.05) is 18.3 Å². The minimum atomic E-state index is 0.747. The Kier molecular flexibility index (Phi) is 4.31. The van der Waals surface area contributed by atoms with Crippen LogP contribution >= 0.6 is 15.9 Å². The molecule has 18 heavy (non-hydrogen) atoms. The van der Waals surface area contributed by atoms with Crippen LogP contribution in [0.1, 0.15) is 18.9 Å². The van der Waals surface area contributed by atoms with Gasteiger partial charge in [0.05, 0.1) is 4.47 Å². The number of hydrogen-bond acceptors (Lipinski definition) is 3. The lowest BCUT2D eigenvalue weighted by Gasteiger charge is -2.08. The molecule has 3 nitrogen and oxygen atoms in total. The lowest BCUT2D eigenvalue weighted by molar-refractivity contribution is 0.963. The number of hydrogen-bond donors (Lipinski definition) is 1. The fourth-order valence-corrected chi connectivity index (χ4v) is 1.91. The van der Waals surface area contributed by atoms with Gasteiger partial charge < -0.3 is 5.32 Å². The Morgan fingerprint density at radius 3 is 2.61 bits per heavy atom. The van der Waals surface area contributed by atoms with Crippen molar-refractivity contribution in [1.29, 1.82) is 0 Å². The summed E-state index contributed by atoms with van der Waals surface area (Å²) in [5.41, 5.74) is 2.27. The van der Waals surface area contributed by atoms with Gasteiger partial charge in [0.2, 0.25) is 0 Å². The van der Waals surface area contributed by atoms with Crippen LogP contribution in [0.4, 0.5) is 5.82 Å². The van der Waals surface area contributed by atoms with Crippen LogP contribution in [0.25, 0.3) is 11.4 Å². The molecule has 94 valence electrons. The quantitative estimate of drug-likeness (QED) is 0.926. The molecule has 0 atom stereocenters. The third-order valence-corrected chi connectivity index (χ3v) is 3.18. The van der Waals surface area contributed by atoms with Crippen LogP contribution in [0, 0.1) is 6.92 Å². The topological polar surface area (TPSA) is 37.8 Å². The van der Waals surface area contributed by atoms with E-state index in [-0.39, 0.29) is 0 Å². The highest BCUT2D eigenvalue weighted by Gasteiger charge is 2.06. The zero-order chi connectivity index (χ0) is 13.0. The molecule has 4 heteroatoms. The van der Waals surface area contributed by atoms with Crippen molar-refractivity contribution in [2.75, 3.05) is 11.9 Å². The highest BCUT2D eigenvalue weighted by Crippen LogP contribution is 2.23. The summed E-state index contributed by atoms with van der Waals surface area (Å²) < 4.78 is 0.895. The van der Waals surface area contributed by atoms with Crippen LogP contribution in [0.15, 0.2) is 34.9 Å². The molecule has 0 spiro atoms. The number of nitrogens with zero attached hydrogens (tertiary/aromatic N) is 2. The third-order valence-electron chi connectivity index (χ3n) is 2.60. The molecular formula is C14H16BrN3. The van der Waals surface area contributed by atoms with Crippen molar-refractivity contribution in [1.82, 2.24) is 9.97 Å². The molecule has 0 radical (unpaired) electrons. The van der Waals surface area contributed by atoms with Gasteiger partial charge in [-0.05, 0) is 29.3 Å². The predicted molar refractivity (Wildman–Crippen MR) is 78.7 cm³/mol. The first kappa shape index (κ1) is 13.0. The minimum absolute atomic E-state index is 0.747. The Balaban J connectivity index is 2.31. The molecule has 0 saturated heterocycles. The summed E-state index contributed by atoms with van der Waals surface area (Å²) in [7, 11) is 0. The second-order valence-corrected chi connectivity index (χ2v) is 5.04. The maximum absolute atomic E-state index is 4.54. The van der Waals surface area contributed by atoms with Crippen molar-refractivity contribution < 1.29 is 0 Å². The van der Waals surface area contributed by atoms with Crippen molar-refractivity contribution >= 4 is 21.7 Å². The van der Waals surface area contributed by atoms with Crippen molar-refractivity contribution in [2.24, 2.45) is 0 Å². The second kappa shape index (κ2) is 5.96. The van der Waals surface area contributed by atoms with E-state index in [0.29, 0.717) is 0 Å². The normalized spacial score (nSPS) is 10.4. The Bertz CT molecular complexity index is 523. The summed E-state index contributed by atoms with van der Waals surface area (Å²) in [6.45, 7) is 5.10. The molecule has 2 aromatic rings. The van der Waals surface area contributed by atoms with E-state index in [1.807, 2.05) is 12.1 Å². The molecule has 0 fully saturated rings. The van der Waals surface area contributed by atoms with Crippen LogP contribution in [-0.2, 0) is 0 Å². The number of benzene rings is 1. The van der Waals surface area contributed by atoms with E-state index in [1.54, 1.807) is 6.20 Å². The SMILES string of the molecule is CCCNc1nc(-c2ccc(C)cc2)ncc1Br. The van der Waals surface area contributed by atoms with E-state index in [2.05, 4.69) is 57.2 Å². The van der Waals surface area contributed by atoms with Crippen LogP contribution in [-0.4, -0.2) is 16.5 Å². The Morgan fingerprint density at radius 2 is 1.94 bits per heavy atom. The van der Waals surface area contributed by atoms with Gasteiger partial charge in [-0.3, -0.25) is 0 Å². The van der Waals surface area contributed by atoms with Crippen molar-refractivity contribution in [3.63, 3.8) is 0 Å². The maximum Gasteiger partial charge on any atom is 0.161 e. The predicted octanol–water partition coefficient (Wildman–Crippen LogP) is 4.04. The van der Waals surface area contributed by atoms with Gasteiger partial charge in [-0.1, -0.05) is 36.8 Å². The summed E-state index contributed by atoms with van der Waals surface area (Å²) >= 11 is 3.46. The second-order valence-electron chi connectivity index (χ2n) is 4.18.